The summed E-state index contributed by atoms with van der Waals surface area (Å²) in [4.78, 5) is 122. The van der Waals surface area contributed by atoms with Crippen molar-refractivity contribution in [2.24, 2.45) is 11.5 Å². The minimum atomic E-state index is -2.37. The number of amides is 4. The molecular formula is C30H44N6O15S2. The van der Waals surface area contributed by atoms with Gasteiger partial charge in [-0.25, -0.2) is 9.59 Å². The maximum absolute atomic E-state index is 13.4. The van der Waals surface area contributed by atoms with E-state index in [-0.39, 0.29) is 31.6 Å². The Bertz CT molecular complexity index is 1470. The van der Waals surface area contributed by atoms with Crippen molar-refractivity contribution in [2.75, 3.05) is 37.0 Å². The van der Waals surface area contributed by atoms with Gasteiger partial charge in [-0.05, 0) is 33.6 Å². The Labute approximate surface area is 311 Å². The highest BCUT2D eigenvalue weighted by atomic mass is 32.2. The summed E-state index contributed by atoms with van der Waals surface area (Å²) in [6.07, 6.45) is -1.37. The van der Waals surface area contributed by atoms with Crippen molar-refractivity contribution in [1.82, 2.24) is 21.3 Å². The number of carboxylic acid groups (broad SMARTS) is 2. The van der Waals surface area contributed by atoms with Gasteiger partial charge in [0.25, 0.3) is 5.60 Å². The van der Waals surface area contributed by atoms with Gasteiger partial charge >= 0.3 is 23.9 Å². The van der Waals surface area contributed by atoms with Crippen molar-refractivity contribution < 1.29 is 72.7 Å². The molecule has 296 valence electrons. The number of cyclic esters (lactones) is 1. The third kappa shape index (κ3) is 15.4. The largest absolute Gasteiger partial charge is 0.501 e. The molecule has 23 heteroatoms. The molecule has 21 nitrogen and oxygen atoms in total. The monoisotopic (exact) mass is 792 g/mol. The third-order valence-electron chi connectivity index (χ3n) is 6.96. The van der Waals surface area contributed by atoms with E-state index in [0.29, 0.717) is 11.8 Å². The number of nitrogens with one attached hydrogen (secondary N) is 4. The minimum Gasteiger partial charge on any atom is -0.501 e. The number of aliphatic carboxylic acids is 2. The molecule has 53 heavy (non-hydrogen) atoms. The lowest BCUT2D eigenvalue weighted by molar-refractivity contribution is -0.169. The van der Waals surface area contributed by atoms with Gasteiger partial charge in [-0.2, -0.15) is 11.8 Å². The van der Waals surface area contributed by atoms with Gasteiger partial charge in [-0.1, -0.05) is 0 Å². The summed E-state index contributed by atoms with van der Waals surface area (Å²) >= 11 is 1.31. The molecule has 0 saturated heterocycles. The number of ketones is 2. The van der Waals surface area contributed by atoms with E-state index in [9.17, 15) is 53.1 Å². The number of esters is 2. The number of thioether (sulfide) groups is 2. The number of nitrogens with two attached hydrogens (primary N) is 2. The van der Waals surface area contributed by atoms with Gasteiger partial charge in [0.05, 0.1) is 24.6 Å². The van der Waals surface area contributed by atoms with Gasteiger partial charge in [-0.3, -0.25) is 38.4 Å². The number of carbonyl (C=O) groups is 10. The zero-order chi connectivity index (χ0) is 40.5. The molecule has 0 saturated carbocycles. The molecule has 4 amide bonds. The Morgan fingerprint density at radius 3 is 1.68 bits per heavy atom. The van der Waals surface area contributed by atoms with Crippen LogP contribution in [-0.4, -0.2) is 141 Å². The summed E-state index contributed by atoms with van der Waals surface area (Å²) in [5, 5.41) is 38.1. The lowest BCUT2D eigenvalue weighted by Crippen LogP contribution is -2.51. The normalized spacial score (nSPS) is 17.3. The molecule has 11 N–H and O–H groups in total. The summed E-state index contributed by atoms with van der Waals surface area (Å²) in [5.74, 6) is -11.8. The van der Waals surface area contributed by atoms with E-state index in [1.807, 2.05) is 0 Å². The van der Waals surface area contributed by atoms with Crippen molar-refractivity contribution in [1.29, 1.82) is 0 Å². The minimum absolute atomic E-state index is 0.225. The van der Waals surface area contributed by atoms with E-state index < -0.39 is 131 Å². The molecule has 0 fully saturated rings. The average Bonchev–Trinajstić information content (AvgIpc) is 3.33. The molecule has 1 rings (SSSR count). The maximum Gasteiger partial charge on any atom is 0.375 e. The number of aliphatic hydroxyl groups excluding tert-OH is 1. The second kappa shape index (κ2) is 22.4. The van der Waals surface area contributed by atoms with Gasteiger partial charge < -0.3 is 57.5 Å². The van der Waals surface area contributed by atoms with Gasteiger partial charge in [0, 0.05) is 30.1 Å². The van der Waals surface area contributed by atoms with Crippen LogP contribution in [0.3, 0.4) is 0 Å². The van der Waals surface area contributed by atoms with Gasteiger partial charge in [0.15, 0.2) is 0 Å². The molecule has 0 spiro atoms. The molecule has 5 atom stereocenters. The fraction of sp³-hybridized carbons (Fsp3) is 0.600. The lowest BCUT2D eigenvalue weighted by Gasteiger charge is -2.29. The SMILES string of the molecule is CCOC(=O)C1(CSCC(NC(=O)CCC(N)C(=O)O)C(=O)NCC(C)=O)OC(=O)C(O)=C1SCC(NC(=O)CCC(N)C(=O)O)C(=O)NCC(C)=O. The number of carboxylic acids is 2. The quantitative estimate of drug-likeness (QED) is 0.0412. The van der Waals surface area contributed by atoms with Gasteiger partial charge in [0.1, 0.15) is 35.7 Å². The fourth-order valence-electron chi connectivity index (χ4n) is 4.13. The van der Waals surface area contributed by atoms with Crippen LogP contribution in [-0.2, 0) is 57.4 Å². The zero-order valence-electron chi connectivity index (χ0n) is 29.1. The zero-order valence-corrected chi connectivity index (χ0v) is 30.7. The number of hydrogen-bond acceptors (Lipinski definition) is 17. The maximum atomic E-state index is 13.4. The summed E-state index contributed by atoms with van der Waals surface area (Å²) in [5.41, 5.74) is 8.51. The molecular weight excluding hydrogens is 748 g/mol. The van der Waals surface area contributed by atoms with Crippen LogP contribution in [0.4, 0.5) is 0 Å². The van der Waals surface area contributed by atoms with Crippen LogP contribution >= 0.6 is 23.5 Å². The topological polar surface area (TPSA) is 350 Å². The van der Waals surface area contributed by atoms with Crippen LogP contribution in [0.15, 0.2) is 10.7 Å². The number of ether oxygens (including phenoxy) is 2. The Balaban J connectivity index is 3.34. The highest BCUT2D eigenvalue weighted by Gasteiger charge is 2.56. The first kappa shape index (κ1) is 46.3. The Kier molecular flexibility index (Phi) is 19.5. The lowest BCUT2D eigenvalue weighted by atomic mass is 10.1. The first-order valence-electron chi connectivity index (χ1n) is 15.9. The first-order chi connectivity index (χ1) is 24.7. The molecule has 0 aromatic carbocycles. The Morgan fingerprint density at radius 1 is 0.811 bits per heavy atom. The molecule has 0 aliphatic carbocycles. The van der Waals surface area contributed by atoms with Crippen molar-refractivity contribution in [3.05, 3.63) is 10.7 Å². The third-order valence-corrected chi connectivity index (χ3v) is 9.45. The molecule has 0 bridgehead atoms. The first-order valence-corrected chi connectivity index (χ1v) is 18.0. The fourth-order valence-corrected chi connectivity index (χ4v) is 6.64. The standard InChI is InChI=1S/C30H44N6O15S2/c1-4-50-29(49)30(13-52-11-18(24(42)33-9-14(2)37)35-20(39)7-5-16(31)26(44)45)23(22(41)28(48)51-30)53-12-19(25(43)34-10-15(3)38)36-21(40)8-6-17(32)27(46)47/h16-19,41H,4-13,31-32H2,1-3H3,(H,33,42)(H,34,43)(H,35,39)(H,36,40)(H,44,45)(H,46,47). The van der Waals surface area contributed by atoms with Crippen molar-refractivity contribution in [2.45, 2.75) is 76.2 Å². The summed E-state index contributed by atoms with van der Waals surface area (Å²) in [6.45, 7) is 2.77. The Morgan fingerprint density at radius 2 is 1.26 bits per heavy atom. The summed E-state index contributed by atoms with van der Waals surface area (Å²) in [7, 11) is 0. The summed E-state index contributed by atoms with van der Waals surface area (Å²) in [6, 6.07) is -5.60. The van der Waals surface area contributed by atoms with Crippen LogP contribution in [0.1, 0.15) is 46.5 Å². The molecule has 0 radical (unpaired) electrons. The van der Waals surface area contributed by atoms with Crippen LogP contribution in [0.25, 0.3) is 0 Å². The number of aliphatic hydroxyl groups is 1. The van der Waals surface area contributed by atoms with Crippen LogP contribution < -0.4 is 32.7 Å². The van der Waals surface area contributed by atoms with E-state index in [0.717, 1.165) is 11.8 Å². The Hall–Kier alpha value is -4.74. The second-order valence-electron chi connectivity index (χ2n) is 11.5. The van der Waals surface area contributed by atoms with E-state index >= 15 is 0 Å². The molecule has 1 aliphatic rings. The van der Waals surface area contributed by atoms with Crippen LogP contribution in [0.5, 0.6) is 0 Å². The van der Waals surface area contributed by atoms with Crippen molar-refractivity contribution in [3.8, 4) is 0 Å². The predicted molar refractivity (Wildman–Crippen MR) is 186 cm³/mol. The number of hydrogen-bond donors (Lipinski definition) is 9. The molecule has 1 aliphatic heterocycles. The van der Waals surface area contributed by atoms with E-state index in [4.69, 9.17) is 31.2 Å². The predicted octanol–water partition coefficient (Wildman–Crippen LogP) is -3.15. The number of carbonyl (C=O) groups excluding carboxylic acids is 8. The molecule has 1 heterocycles. The second-order valence-corrected chi connectivity index (χ2v) is 13.5. The number of Topliss-reactive ketones (excluding diaryl/α,β-unsaturated/α-hetero) is 2. The highest BCUT2D eigenvalue weighted by Crippen LogP contribution is 2.43. The molecule has 0 aromatic rings. The van der Waals surface area contributed by atoms with Crippen molar-refractivity contribution in [3.63, 3.8) is 0 Å². The molecule has 0 aromatic heterocycles. The van der Waals surface area contributed by atoms with Crippen molar-refractivity contribution >= 4 is 82.6 Å². The van der Waals surface area contributed by atoms with E-state index in [1.165, 1.54) is 20.8 Å². The van der Waals surface area contributed by atoms with E-state index in [1.54, 1.807) is 0 Å². The van der Waals surface area contributed by atoms with Gasteiger partial charge in [0.2, 0.25) is 29.4 Å². The van der Waals surface area contributed by atoms with E-state index in [2.05, 4.69) is 21.3 Å². The highest BCUT2D eigenvalue weighted by molar-refractivity contribution is 8.03. The molecule has 5 unspecified atom stereocenters. The average molecular weight is 793 g/mol. The van der Waals surface area contributed by atoms with Gasteiger partial charge in [-0.15, -0.1) is 11.8 Å². The smallest absolute Gasteiger partial charge is 0.375 e. The summed E-state index contributed by atoms with van der Waals surface area (Å²) < 4.78 is 10.5. The number of rotatable bonds is 25. The van der Waals surface area contributed by atoms with Crippen LogP contribution in [0, 0.1) is 0 Å². The van der Waals surface area contributed by atoms with Crippen LogP contribution in [0.2, 0.25) is 0 Å².